The molecule has 2 unspecified atom stereocenters. The van der Waals surface area contributed by atoms with Crippen molar-refractivity contribution in [3.63, 3.8) is 0 Å². The van der Waals surface area contributed by atoms with Crippen LogP contribution in [0.15, 0.2) is 42.5 Å². The smallest absolute Gasteiger partial charge is 0.0441 e. The first kappa shape index (κ1) is 10.5. The number of thioether (sulfide) groups is 1. The van der Waals surface area contributed by atoms with Crippen molar-refractivity contribution in [3.05, 3.63) is 58.7 Å². The second kappa shape index (κ2) is 4.31. The zero-order chi connectivity index (χ0) is 11.0. The number of fused-ring (bicyclic) bond motifs is 2. The van der Waals surface area contributed by atoms with E-state index in [4.69, 9.17) is 11.6 Å². The quantitative estimate of drug-likeness (QED) is 0.662. The standard InChI is InChI=1S/C14H13ClS/c15-13-6-3-5-11-9-16-14-7-2-1-4-10(14)8-12(11)13/h1-7,10,14H,8-9H2. The van der Waals surface area contributed by atoms with E-state index in [1.165, 1.54) is 11.1 Å². The Bertz CT molecular complexity index is 462. The fourth-order valence-corrected chi connectivity index (χ4v) is 3.93. The molecule has 0 bridgehead atoms. The zero-order valence-corrected chi connectivity index (χ0v) is 10.5. The van der Waals surface area contributed by atoms with Gasteiger partial charge >= 0.3 is 0 Å². The molecule has 0 saturated carbocycles. The monoisotopic (exact) mass is 248 g/mol. The van der Waals surface area contributed by atoms with Crippen molar-refractivity contribution in [1.82, 2.24) is 0 Å². The van der Waals surface area contributed by atoms with E-state index >= 15 is 0 Å². The Morgan fingerprint density at radius 3 is 3.00 bits per heavy atom. The third-order valence-corrected chi connectivity index (χ3v) is 5.00. The number of hydrogen-bond acceptors (Lipinski definition) is 1. The van der Waals surface area contributed by atoms with Gasteiger partial charge in [0.25, 0.3) is 0 Å². The summed E-state index contributed by atoms with van der Waals surface area (Å²) in [6.07, 6.45) is 10.0. The summed E-state index contributed by atoms with van der Waals surface area (Å²) in [5, 5.41) is 1.55. The van der Waals surface area contributed by atoms with Gasteiger partial charge in [-0.25, -0.2) is 0 Å². The Hall–Kier alpha value is -0.660. The molecule has 0 N–H and O–H groups in total. The lowest BCUT2D eigenvalue weighted by Crippen LogP contribution is -2.15. The molecule has 1 aliphatic carbocycles. The Kier molecular flexibility index (Phi) is 2.82. The average Bonchev–Trinajstić information content (AvgIpc) is 2.50. The van der Waals surface area contributed by atoms with E-state index in [2.05, 4.69) is 36.4 Å². The van der Waals surface area contributed by atoms with Crippen molar-refractivity contribution >= 4 is 23.4 Å². The molecular formula is C14H13ClS. The highest BCUT2D eigenvalue weighted by molar-refractivity contribution is 7.99. The fourth-order valence-electron chi connectivity index (χ4n) is 2.38. The molecule has 0 aromatic heterocycles. The van der Waals surface area contributed by atoms with Gasteiger partial charge < -0.3 is 0 Å². The van der Waals surface area contributed by atoms with Crippen LogP contribution in [0, 0.1) is 5.92 Å². The maximum atomic E-state index is 6.29. The Balaban J connectivity index is 2.00. The van der Waals surface area contributed by atoms with E-state index in [-0.39, 0.29) is 0 Å². The topological polar surface area (TPSA) is 0 Å². The highest BCUT2D eigenvalue weighted by atomic mass is 35.5. The molecular weight excluding hydrogens is 236 g/mol. The molecule has 0 radical (unpaired) electrons. The van der Waals surface area contributed by atoms with Crippen LogP contribution in [0.2, 0.25) is 5.02 Å². The van der Waals surface area contributed by atoms with E-state index in [1.54, 1.807) is 0 Å². The first-order valence-corrected chi connectivity index (χ1v) is 7.00. The Labute approximate surface area is 105 Å². The molecule has 82 valence electrons. The van der Waals surface area contributed by atoms with Gasteiger partial charge in [-0.2, -0.15) is 0 Å². The van der Waals surface area contributed by atoms with Crippen molar-refractivity contribution in [1.29, 1.82) is 0 Å². The van der Waals surface area contributed by atoms with Crippen molar-refractivity contribution in [3.8, 4) is 0 Å². The van der Waals surface area contributed by atoms with E-state index in [9.17, 15) is 0 Å². The van der Waals surface area contributed by atoms with Crippen molar-refractivity contribution < 1.29 is 0 Å². The van der Waals surface area contributed by atoms with Crippen LogP contribution >= 0.6 is 23.4 Å². The largest absolute Gasteiger partial charge is 0.149 e. The fraction of sp³-hybridized carbons (Fsp3) is 0.286. The lowest BCUT2D eigenvalue weighted by Gasteiger charge is -2.20. The van der Waals surface area contributed by atoms with Crippen LogP contribution in [0.1, 0.15) is 11.1 Å². The van der Waals surface area contributed by atoms with Gasteiger partial charge in [-0.1, -0.05) is 48.0 Å². The molecule has 1 aliphatic heterocycles. The van der Waals surface area contributed by atoms with Crippen LogP contribution < -0.4 is 0 Å². The molecule has 0 saturated heterocycles. The van der Waals surface area contributed by atoms with E-state index in [0.29, 0.717) is 11.2 Å². The van der Waals surface area contributed by atoms with Gasteiger partial charge in [-0.05, 0) is 29.5 Å². The number of halogens is 1. The van der Waals surface area contributed by atoms with E-state index < -0.39 is 0 Å². The summed E-state index contributed by atoms with van der Waals surface area (Å²) >= 11 is 8.32. The maximum Gasteiger partial charge on any atom is 0.0441 e. The maximum absolute atomic E-state index is 6.29. The first-order chi connectivity index (χ1) is 7.84. The van der Waals surface area contributed by atoms with Crippen molar-refractivity contribution in [2.45, 2.75) is 17.4 Å². The van der Waals surface area contributed by atoms with Crippen LogP contribution in [0.3, 0.4) is 0 Å². The van der Waals surface area contributed by atoms with Crippen LogP contribution in [-0.2, 0) is 12.2 Å². The molecule has 3 rings (SSSR count). The van der Waals surface area contributed by atoms with Gasteiger partial charge in [0, 0.05) is 16.0 Å². The van der Waals surface area contributed by atoms with Gasteiger partial charge in [0.2, 0.25) is 0 Å². The third kappa shape index (κ3) is 1.83. The molecule has 0 nitrogen and oxygen atoms in total. The zero-order valence-electron chi connectivity index (χ0n) is 8.90. The van der Waals surface area contributed by atoms with Gasteiger partial charge in [0.05, 0.1) is 0 Å². The summed E-state index contributed by atoms with van der Waals surface area (Å²) in [5.41, 5.74) is 2.76. The minimum atomic E-state index is 0.608. The van der Waals surface area contributed by atoms with Crippen molar-refractivity contribution in [2.24, 2.45) is 5.92 Å². The normalized spacial score (nSPS) is 27.1. The van der Waals surface area contributed by atoms with Gasteiger partial charge in [0.15, 0.2) is 0 Å². The highest BCUT2D eigenvalue weighted by Gasteiger charge is 2.25. The molecule has 2 aliphatic rings. The predicted molar refractivity (Wildman–Crippen MR) is 72.0 cm³/mol. The van der Waals surface area contributed by atoms with Crippen LogP contribution in [0.4, 0.5) is 0 Å². The number of benzene rings is 1. The molecule has 0 amide bonds. The molecule has 1 aromatic rings. The van der Waals surface area contributed by atoms with Crippen LogP contribution in [-0.4, -0.2) is 5.25 Å². The first-order valence-electron chi connectivity index (χ1n) is 5.57. The molecule has 16 heavy (non-hydrogen) atoms. The lowest BCUT2D eigenvalue weighted by atomic mass is 9.91. The summed E-state index contributed by atoms with van der Waals surface area (Å²) in [6, 6.07) is 6.27. The molecule has 0 spiro atoms. The number of hydrogen-bond donors (Lipinski definition) is 0. The van der Waals surface area contributed by atoms with Crippen molar-refractivity contribution in [2.75, 3.05) is 0 Å². The summed E-state index contributed by atoms with van der Waals surface area (Å²) in [4.78, 5) is 0. The molecule has 1 aromatic carbocycles. The summed E-state index contributed by atoms with van der Waals surface area (Å²) in [5.74, 6) is 1.69. The summed E-state index contributed by atoms with van der Waals surface area (Å²) in [7, 11) is 0. The number of rotatable bonds is 0. The Morgan fingerprint density at radius 2 is 2.06 bits per heavy atom. The lowest BCUT2D eigenvalue weighted by molar-refractivity contribution is 0.670. The average molecular weight is 249 g/mol. The van der Waals surface area contributed by atoms with Gasteiger partial charge in [0.1, 0.15) is 0 Å². The van der Waals surface area contributed by atoms with E-state index in [0.717, 1.165) is 17.2 Å². The molecule has 2 heteroatoms. The third-order valence-electron chi connectivity index (χ3n) is 3.28. The number of allylic oxidation sites excluding steroid dienone is 3. The summed E-state index contributed by atoms with van der Waals surface area (Å²) < 4.78 is 0. The van der Waals surface area contributed by atoms with E-state index in [1.807, 2.05) is 17.8 Å². The molecule has 0 fully saturated rings. The molecule has 1 heterocycles. The second-order valence-electron chi connectivity index (χ2n) is 4.29. The highest BCUT2D eigenvalue weighted by Crippen LogP contribution is 2.37. The van der Waals surface area contributed by atoms with Crippen LogP contribution in [0.25, 0.3) is 0 Å². The minimum absolute atomic E-state index is 0.608. The Morgan fingerprint density at radius 1 is 1.19 bits per heavy atom. The summed E-state index contributed by atoms with van der Waals surface area (Å²) in [6.45, 7) is 0. The van der Waals surface area contributed by atoms with Crippen LogP contribution in [0.5, 0.6) is 0 Å². The van der Waals surface area contributed by atoms with Gasteiger partial charge in [-0.15, -0.1) is 11.8 Å². The molecule has 2 atom stereocenters. The second-order valence-corrected chi connectivity index (χ2v) is 5.86. The predicted octanol–water partition coefficient (Wildman–Crippen LogP) is 4.24. The SMILES string of the molecule is Clc1cccc2c1CC1C=CC=CC1SC2. The van der Waals surface area contributed by atoms with Gasteiger partial charge in [-0.3, -0.25) is 0 Å². The minimum Gasteiger partial charge on any atom is -0.149 e.